The van der Waals surface area contributed by atoms with Gasteiger partial charge in [-0.25, -0.2) is 4.79 Å². The summed E-state index contributed by atoms with van der Waals surface area (Å²) >= 11 is 0. The van der Waals surface area contributed by atoms with E-state index >= 15 is 0 Å². The Balaban J connectivity index is 2.92. The van der Waals surface area contributed by atoms with E-state index in [1.165, 1.54) is 0 Å². The number of carboxylic acids is 1. The molecule has 0 atom stereocenters. The van der Waals surface area contributed by atoms with Crippen molar-refractivity contribution in [2.24, 2.45) is 7.05 Å². The van der Waals surface area contributed by atoms with Crippen LogP contribution in [-0.2, 0) is 7.05 Å². The third-order valence-electron chi connectivity index (χ3n) is 2.35. The maximum Gasteiger partial charge on any atom is 0.337 e. The van der Waals surface area contributed by atoms with Crippen molar-refractivity contribution in [1.29, 1.82) is 0 Å². The first-order valence-corrected chi connectivity index (χ1v) is 4.26. The lowest BCUT2D eigenvalue weighted by Crippen LogP contribution is -2.01. The number of aromatic nitrogens is 2. The van der Waals surface area contributed by atoms with Gasteiger partial charge in [0.2, 0.25) is 0 Å². The van der Waals surface area contributed by atoms with E-state index in [4.69, 9.17) is 5.11 Å². The number of hydrogen-bond donors (Lipinski definition) is 1. The van der Waals surface area contributed by atoms with E-state index in [-0.39, 0.29) is 0 Å². The highest BCUT2D eigenvalue weighted by molar-refractivity contribution is 6.02. The Hall–Kier alpha value is -1.84. The lowest BCUT2D eigenvalue weighted by atomic mass is 10.1. The lowest BCUT2D eigenvalue weighted by molar-refractivity contribution is 0.0698. The van der Waals surface area contributed by atoms with Crippen LogP contribution < -0.4 is 0 Å². The number of fused-ring (bicyclic) bond motifs is 1. The average molecular weight is 190 g/mol. The van der Waals surface area contributed by atoms with Crippen LogP contribution in [-0.4, -0.2) is 20.9 Å². The molecule has 1 heterocycles. The van der Waals surface area contributed by atoms with Crippen molar-refractivity contribution in [2.75, 3.05) is 0 Å². The minimum Gasteiger partial charge on any atom is -0.478 e. The molecule has 2 aromatic rings. The van der Waals surface area contributed by atoms with E-state index in [9.17, 15) is 4.79 Å². The molecule has 2 rings (SSSR count). The largest absolute Gasteiger partial charge is 0.478 e. The van der Waals surface area contributed by atoms with Gasteiger partial charge in [0.15, 0.2) is 0 Å². The lowest BCUT2D eigenvalue weighted by Gasteiger charge is -2.01. The first-order chi connectivity index (χ1) is 6.61. The molecule has 4 nitrogen and oxygen atoms in total. The Morgan fingerprint density at radius 1 is 1.50 bits per heavy atom. The van der Waals surface area contributed by atoms with Gasteiger partial charge in [-0.15, -0.1) is 0 Å². The maximum atomic E-state index is 10.9. The molecule has 0 aliphatic rings. The predicted molar refractivity (Wildman–Crippen MR) is 52.4 cm³/mol. The number of benzene rings is 1. The van der Waals surface area contributed by atoms with Crippen molar-refractivity contribution in [1.82, 2.24) is 9.78 Å². The molecule has 0 aliphatic carbocycles. The first kappa shape index (κ1) is 8.74. The summed E-state index contributed by atoms with van der Waals surface area (Å²) in [7, 11) is 1.74. The van der Waals surface area contributed by atoms with Crippen molar-refractivity contribution in [2.45, 2.75) is 6.92 Å². The van der Waals surface area contributed by atoms with Gasteiger partial charge in [-0.1, -0.05) is 6.07 Å². The monoisotopic (exact) mass is 190 g/mol. The first-order valence-electron chi connectivity index (χ1n) is 4.26. The standard InChI is InChI=1S/C10H10N2O2/c1-6-3-4-7(10(13)14)9-8(6)5-11-12(9)2/h3-5H,1-2H3,(H,13,14). The van der Waals surface area contributed by atoms with Gasteiger partial charge in [0, 0.05) is 12.4 Å². The summed E-state index contributed by atoms with van der Waals surface area (Å²) in [6.07, 6.45) is 1.69. The van der Waals surface area contributed by atoms with Crippen molar-refractivity contribution in [3.8, 4) is 0 Å². The number of nitrogens with zero attached hydrogens (tertiary/aromatic N) is 2. The molecule has 0 radical (unpaired) electrons. The molecular formula is C10H10N2O2. The second-order valence-electron chi connectivity index (χ2n) is 3.27. The summed E-state index contributed by atoms with van der Waals surface area (Å²) in [5.74, 6) is -0.918. The van der Waals surface area contributed by atoms with Gasteiger partial charge in [0.25, 0.3) is 0 Å². The second kappa shape index (κ2) is 2.83. The summed E-state index contributed by atoms with van der Waals surface area (Å²) in [4.78, 5) is 10.9. The molecule has 0 spiro atoms. The van der Waals surface area contributed by atoms with Crippen LogP contribution in [0.1, 0.15) is 15.9 Å². The molecule has 0 aliphatic heterocycles. The zero-order valence-corrected chi connectivity index (χ0v) is 7.98. The average Bonchev–Trinajstić information content (AvgIpc) is 2.50. The third-order valence-corrected chi connectivity index (χ3v) is 2.35. The molecule has 0 amide bonds. The molecule has 1 aromatic carbocycles. The quantitative estimate of drug-likeness (QED) is 0.742. The van der Waals surface area contributed by atoms with Gasteiger partial charge in [0.05, 0.1) is 17.3 Å². The second-order valence-corrected chi connectivity index (χ2v) is 3.27. The van der Waals surface area contributed by atoms with Crippen LogP contribution in [0.15, 0.2) is 18.3 Å². The van der Waals surface area contributed by atoms with Crippen LogP contribution in [0.5, 0.6) is 0 Å². The van der Waals surface area contributed by atoms with Gasteiger partial charge < -0.3 is 5.11 Å². The Labute approximate surface area is 80.8 Å². The highest BCUT2D eigenvalue weighted by atomic mass is 16.4. The van der Waals surface area contributed by atoms with E-state index in [2.05, 4.69) is 5.10 Å². The van der Waals surface area contributed by atoms with Gasteiger partial charge in [-0.05, 0) is 18.6 Å². The molecule has 0 bridgehead atoms. The number of hydrogen-bond acceptors (Lipinski definition) is 2. The van der Waals surface area contributed by atoms with E-state index in [1.54, 1.807) is 30.1 Å². The molecular weight excluding hydrogens is 180 g/mol. The molecule has 0 fully saturated rings. The van der Waals surface area contributed by atoms with E-state index in [1.807, 2.05) is 6.92 Å². The molecule has 4 heteroatoms. The van der Waals surface area contributed by atoms with Gasteiger partial charge in [-0.3, -0.25) is 4.68 Å². The summed E-state index contributed by atoms with van der Waals surface area (Å²) < 4.78 is 1.59. The number of aromatic carboxylic acids is 1. The van der Waals surface area contributed by atoms with E-state index < -0.39 is 5.97 Å². The highest BCUT2D eigenvalue weighted by Gasteiger charge is 2.12. The molecule has 0 saturated carbocycles. The minimum absolute atomic E-state index is 0.297. The van der Waals surface area contributed by atoms with Crippen LogP contribution in [0.3, 0.4) is 0 Å². The normalized spacial score (nSPS) is 10.7. The maximum absolute atomic E-state index is 10.9. The zero-order valence-electron chi connectivity index (χ0n) is 7.98. The predicted octanol–water partition coefficient (Wildman–Crippen LogP) is 1.58. The Morgan fingerprint density at radius 3 is 2.86 bits per heavy atom. The fourth-order valence-electron chi connectivity index (χ4n) is 1.60. The summed E-state index contributed by atoms with van der Waals surface area (Å²) in [6.45, 7) is 1.94. The highest BCUT2D eigenvalue weighted by Crippen LogP contribution is 2.21. The van der Waals surface area contributed by atoms with Crippen LogP contribution in [0.4, 0.5) is 0 Å². The molecule has 72 valence electrons. The van der Waals surface area contributed by atoms with Crippen molar-refractivity contribution in [3.63, 3.8) is 0 Å². The minimum atomic E-state index is -0.918. The van der Waals surface area contributed by atoms with E-state index in [0.717, 1.165) is 10.9 Å². The molecule has 14 heavy (non-hydrogen) atoms. The van der Waals surface area contributed by atoms with Crippen LogP contribution in [0.25, 0.3) is 10.9 Å². The van der Waals surface area contributed by atoms with Crippen LogP contribution in [0, 0.1) is 6.92 Å². The summed E-state index contributed by atoms with van der Waals surface area (Å²) in [6, 6.07) is 3.41. The van der Waals surface area contributed by atoms with Gasteiger partial charge in [-0.2, -0.15) is 5.10 Å². The molecule has 0 unspecified atom stereocenters. The molecule has 1 N–H and O–H groups in total. The van der Waals surface area contributed by atoms with Crippen molar-refractivity contribution < 1.29 is 9.90 Å². The van der Waals surface area contributed by atoms with Gasteiger partial charge in [0.1, 0.15) is 0 Å². The fourth-order valence-corrected chi connectivity index (χ4v) is 1.60. The smallest absolute Gasteiger partial charge is 0.337 e. The van der Waals surface area contributed by atoms with Crippen LogP contribution in [0.2, 0.25) is 0 Å². The zero-order chi connectivity index (χ0) is 10.3. The SMILES string of the molecule is Cc1ccc(C(=O)O)c2c1cnn2C. The number of aryl methyl sites for hydroxylation is 2. The summed E-state index contributed by atoms with van der Waals surface area (Å²) in [5, 5.41) is 13.9. The fraction of sp³-hybridized carbons (Fsp3) is 0.200. The van der Waals surface area contributed by atoms with Crippen molar-refractivity contribution in [3.05, 3.63) is 29.5 Å². The molecule has 0 saturated heterocycles. The Kier molecular flexibility index (Phi) is 1.77. The van der Waals surface area contributed by atoms with E-state index in [0.29, 0.717) is 11.1 Å². The topological polar surface area (TPSA) is 55.1 Å². The Bertz CT molecular complexity index is 514. The number of carbonyl (C=O) groups is 1. The van der Waals surface area contributed by atoms with Gasteiger partial charge >= 0.3 is 5.97 Å². The van der Waals surface area contributed by atoms with Crippen LogP contribution >= 0.6 is 0 Å². The number of carboxylic acid groups (broad SMARTS) is 1. The third kappa shape index (κ3) is 1.08. The summed E-state index contributed by atoms with van der Waals surface area (Å²) in [5.41, 5.74) is 2.02. The number of rotatable bonds is 1. The van der Waals surface area contributed by atoms with Crippen molar-refractivity contribution >= 4 is 16.9 Å². The molecule has 1 aromatic heterocycles. The Morgan fingerprint density at radius 2 is 2.21 bits per heavy atom.